The van der Waals surface area contributed by atoms with Crippen molar-refractivity contribution in [1.82, 2.24) is 9.80 Å². The molecule has 2 heterocycles. The van der Waals surface area contributed by atoms with Crippen molar-refractivity contribution in [2.75, 3.05) is 53.6 Å². The van der Waals surface area contributed by atoms with Gasteiger partial charge in [-0.15, -0.1) is 0 Å². The van der Waals surface area contributed by atoms with Crippen LogP contribution in [-0.2, 0) is 9.53 Å². The van der Waals surface area contributed by atoms with Crippen molar-refractivity contribution >= 4 is 5.91 Å². The molecule has 5 heteroatoms. The van der Waals surface area contributed by atoms with Gasteiger partial charge in [0.2, 0.25) is 5.91 Å². The number of hydrogen-bond donors (Lipinski definition) is 1. The molecule has 1 atom stereocenters. The van der Waals surface area contributed by atoms with Gasteiger partial charge in [0.15, 0.2) is 0 Å². The Labute approximate surface area is 109 Å². The van der Waals surface area contributed by atoms with Crippen LogP contribution in [0.3, 0.4) is 0 Å². The van der Waals surface area contributed by atoms with Gasteiger partial charge in [-0.25, -0.2) is 0 Å². The maximum atomic E-state index is 12.3. The van der Waals surface area contributed by atoms with Crippen molar-refractivity contribution in [2.45, 2.75) is 12.8 Å². The van der Waals surface area contributed by atoms with E-state index in [2.05, 4.69) is 11.9 Å². The van der Waals surface area contributed by atoms with Crippen molar-refractivity contribution < 1.29 is 14.6 Å². The fraction of sp³-hybridized carbons (Fsp3) is 0.923. The highest BCUT2D eigenvalue weighted by Crippen LogP contribution is 2.29. The van der Waals surface area contributed by atoms with Gasteiger partial charge in [-0.1, -0.05) is 0 Å². The molecule has 18 heavy (non-hydrogen) atoms. The first-order valence-electron chi connectivity index (χ1n) is 6.70. The molecule has 0 aliphatic carbocycles. The Hall–Kier alpha value is -0.650. The fourth-order valence-corrected chi connectivity index (χ4v) is 2.93. The Bertz CT molecular complexity index is 299. The van der Waals surface area contributed by atoms with Crippen LogP contribution in [0.4, 0.5) is 0 Å². The highest BCUT2D eigenvalue weighted by atomic mass is 16.5. The van der Waals surface area contributed by atoms with E-state index in [-0.39, 0.29) is 12.5 Å². The standard InChI is InChI=1S/C13H24N2O3/c1-14-5-3-4-11(6-14)7-15(2)12(17)13(8-16)9-18-10-13/h11,16H,3-10H2,1-2H3. The molecule has 1 amide bonds. The Morgan fingerprint density at radius 3 is 2.78 bits per heavy atom. The molecule has 0 bridgehead atoms. The van der Waals surface area contributed by atoms with Crippen molar-refractivity contribution in [2.24, 2.45) is 11.3 Å². The second-order valence-corrected chi connectivity index (χ2v) is 5.89. The number of nitrogens with zero attached hydrogens (tertiary/aromatic N) is 2. The first-order valence-corrected chi connectivity index (χ1v) is 6.70. The number of carbonyl (C=O) groups excluding carboxylic acids is 1. The molecular weight excluding hydrogens is 232 g/mol. The summed E-state index contributed by atoms with van der Waals surface area (Å²) in [5, 5.41) is 9.37. The van der Waals surface area contributed by atoms with Crippen LogP contribution in [0.1, 0.15) is 12.8 Å². The SMILES string of the molecule is CN1CCCC(CN(C)C(=O)C2(CO)COC2)C1. The molecule has 0 aromatic carbocycles. The van der Waals surface area contributed by atoms with E-state index < -0.39 is 5.41 Å². The Balaban J connectivity index is 1.87. The number of rotatable bonds is 4. The maximum Gasteiger partial charge on any atom is 0.235 e. The van der Waals surface area contributed by atoms with Crippen LogP contribution < -0.4 is 0 Å². The summed E-state index contributed by atoms with van der Waals surface area (Å²) in [4.78, 5) is 16.4. The summed E-state index contributed by atoms with van der Waals surface area (Å²) in [6.07, 6.45) is 2.39. The molecule has 1 N–H and O–H groups in total. The molecule has 0 aromatic rings. The third kappa shape index (κ3) is 2.68. The van der Waals surface area contributed by atoms with Gasteiger partial charge in [0, 0.05) is 20.1 Å². The van der Waals surface area contributed by atoms with E-state index in [0.717, 1.165) is 19.6 Å². The predicted molar refractivity (Wildman–Crippen MR) is 68.2 cm³/mol. The summed E-state index contributed by atoms with van der Waals surface area (Å²) in [6.45, 7) is 3.60. The summed E-state index contributed by atoms with van der Waals surface area (Å²) in [5.41, 5.74) is -0.657. The number of aliphatic hydroxyl groups is 1. The first-order chi connectivity index (χ1) is 8.57. The number of hydrogen-bond acceptors (Lipinski definition) is 4. The zero-order valence-corrected chi connectivity index (χ0v) is 11.4. The van der Waals surface area contributed by atoms with Gasteiger partial charge in [0.25, 0.3) is 0 Å². The fourth-order valence-electron chi connectivity index (χ4n) is 2.93. The Morgan fingerprint density at radius 1 is 1.56 bits per heavy atom. The minimum atomic E-state index is -0.657. The van der Waals surface area contributed by atoms with E-state index in [1.54, 1.807) is 4.90 Å². The molecule has 0 spiro atoms. The molecule has 0 aromatic heterocycles. The quantitative estimate of drug-likeness (QED) is 0.756. The summed E-state index contributed by atoms with van der Waals surface area (Å²) in [5.74, 6) is 0.582. The largest absolute Gasteiger partial charge is 0.395 e. The highest BCUT2D eigenvalue weighted by molar-refractivity contribution is 5.83. The van der Waals surface area contributed by atoms with Crippen LogP contribution >= 0.6 is 0 Å². The summed E-state index contributed by atoms with van der Waals surface area (Å²) in [7, 11) is 3.97. The Morgan fingerprint density at radius 2 is 2.28 bits per heavy atom. The maximum absolute atomic E-state index is 12.3. The van der Waals surface area contributed by atoms with Gasteiger partial charge < -0.3 is 19.6 Å². The van der Waals surface area contributed by atoms with E-state index in [1.807, 2.05) is 7.05 Å². The summed E-state index contributed by atoms with van der Waals surface area (Å²) in [6, 6.07) is 0. The number of likely N-dealkylation sites (tertiary alicyclic amines) is 1. The zero-order chi connectivity index (χ0) is 13.2. The topological polar surface area (TPSA) is 53.0 Å². The first kappa shape index (κ1) is 13.8. The van der Waals surface area contributed by atoms with E-state index in [0.29, 0.717) is 19.1 Å². The average Bonchev–Trinajstić information content (AvgIpc) is 2.28. The highest BCUT2D eigenvalue weighted by Gasteiger charge is 2.47. The molecule has 5 nitrogen and oxygen atoms in total. The lowest BCUT2D eigenvalue weighted by molar-refractivity contribution is -0.180. The molecular formula is C13H24N2O3. The molecule has 2 aliphatic rings. The lowest BCUT2D eigenvalue weighted by Gasteiger charge is -2.42. The van der Waals surface area contributed by atoms with E-state index >= 15 is 0 Å². The van der Waals surface area contributed by atoms with Crippen molar-refractivity contribution in [1.29, 1.82) is 0 Å². The predicted octanol–water partition coefficient (Wildman–Crippen LogP) is -0.204. The van der Waals surface area contributed by atoms with Gasteiger partial charge in [-0.05, 0) is 32.4 Å². The van der Waals surface area contributed by atoms with Crippen LogP contribution in [0.5, 0.6) is 0 Å². The summed E-state index contributed by atoms with van der Waals surface area (Å²) >= 11 is 0. The number of ether oxygens (including phenoxy) is 1. The van der Waals surface area contributed by atoms with Gasteiger partial charge in [0.1, 0.15) is 5.41 Å². The minimum Gasteiger partial charge on any atom is -0.395 e. The van der Waals surface area contributed by atoms with Crippen LogP contribution in [-0.4, -0.2) is 74.4 Å². The van der Waals surface area contributed by atoms with E-state index in [4.69, 9.17) is 4.74 Å². The lowest BCUT2D eigenvalue weighted by atomic mass is 9.85. The second-order valence-electron chi connectivity index (χ2n) is 5.89. The second kappa shape index (κ2) is 5.55. The molecule has 2 saturated heterocycles. The third-order valence-electron chi connectivity index (χ3n) is 4.11. The molecule has 2 fully saturated rings. The number of aliphatic hydroxyl groups excluding tert-OH is 1. The molecule has 0 radical (unpaired) electrons. The van der Waals surface area contributed by atoms with E-state index in [1.165, 1.54) is 12.8 Å². The van der Waals surface area contributed by atoms with Gasteiger partial charge in [-0.3, -0.25) is 4.79 Å². The molecule has 2 rings (SSSR count). The van der Waals surface area contributed by atoms with E-state index in [9.17, 15) is 9.90 Å². The summed E-state index contributed by atoms with van der Waals surface area (Å²) < 4.78 is 5.09. The van der Waals surface area contributed by atoms with Gasteiger partial charge >= 0.3 is 0 Å². The monoisotopic (exact) mass is 256 g/mol. The Kier molecular flexibility index (Phi) is 4.25. The normalized spacial score (nSPS) is 27.6. The number of piperidine rings is 1. The van der Waals surface area contributed by atoms with Gasteiger partial charge in [-0.2, -0.15) is 0 Å². The van der Waals surface area contributed by atoms with Crippen LogP contribution in [0, 0.1) is 11.3 Å². The van der Waals surface area contributed by atoms with Crippen LogP contribution in [0.15, 0.2) is 0 Å². The lowest BCUT2D eigenvalue weighted by Crippen LogP contribution is -2.57. The van der Waals surface area contributed by atoms with Crippen LogP contribution in [0.25, 0.3) is 0 Å². The van der Waals surface area contributed by atoms with Crippen molar-refractivity contribution in [3.63, 3.8) is 0 Å². The molecule has 0 saturated carbocycles. The van der Waals surface area contributed by atoms with Gasteiger partial charge in [0.05, 0.1) is 19.8 Å². The smallest absolute Gasteiger partial charge is 0.235 e. The van der Waals surface area contributed by atoms with Crippen molar-refractivity contribution in [3.05, 3.63) is 0 Å². The third-order valence-corrected chi connectivity index (χ3v) is 4.11. The average molecular weight is 256 g/mol. The van der Waals surface area contributed by atoms with Crippen molar-refractivity contribution in [3.8, 4) is 0 Å². The minimum absolute atomic E-state index is 0.0319. The van der Waals surface area contributed by atoms with Crippen LogP contribution in [0.2, 0.25) is 0 Å². The molecule has 1 unspecified atom stereocenters. The molecule has 104 valence electrons. The zero-order valence-electron chi connectivity index (χ0n) is 11.4. The number of amides is 1. The number of carbonyl (C=O) groups is 1. The molecule has 2 aliphatic heterocycles.